The molecule has 1 aromatic carbocycles. The average molecular weight is 194 g/mol. The monoisotopic (exact) mass is 194 g/mol. The van der Waals surface area contributed by atoms with Crippen LogP contribution in [-0.4, -0.2) is 0 Å². The van der Waals surface area contributed by atoms with Crippen LogP contribution in [0.1, 0.15) is 24.0 Å². The molecule has 2 aliphatic rings. The first-order chi connectivity index (χ1) is 7.30. The van der Waals surface area contributed by atoms with Crippen molar-refractivity contribution in [3.63, 3.8) is 0 Å². The van der Waals surface area contributed by atoms with E-state index in [4.69, 9.17) is 0 Å². The molecule has 0 nitrogen and oxygen atoms in total. The SMILES string of the molecule is CC1(C2C=Cc3ccccc32)C=CC=C1. The Hall–Kier alpha value is -1.56. The molecule has 0 spiro atoms. The standard InChI is InChI=1S/C15H14/c1-15(10-4-5-11-15)14-9-8-12-6-2-3-7-13(12)14/h2-11,14H,1H3. The molecular weight excluding hydrogens is 180 g/mol. The van der Waals surface area contributed by atoms with Gasteiger partial charge in [0, 0.05) is 11.3 Å². The third-order valence-electron chi connectivity index (χ3n) is 3.49. The lowest BCUT2D eigenvalue weighted by Crippen LogP contribution is -2.16. The van der Waals surface area contributed by atoms with Gasteiger partial charge >= 0.3 is 0 Å². The molecule has 0 heterocycles. The summed E-state index contributed by atoms with van der Waals surface area (Å²) in [5.74, 6) is 0.503. The Balaban J connectivity index is 2.08. The van der Waals surface area contributed by atoms with Crippen molar-refractivity contribution in [2.45, 2.75) is 12.8 Å². The maximum absolute atomic E-state index is 2.32. The fraction of sp³-hybridized carbons (Fsp3) is 0.200. The van der Waals surface area contributed by atoms with Crippen LogP contribution in [0.15, 0.2) is 54.6 Å². The van der Waals surface area contributed by atoms with Crippen LogP contribution in [0.25, 0.3) is 6.08 Å². The summed E-state index contributed by atoms with van der Waals surface area (Å²) in [6.07, 6.45) is 13.5. The molecule has 0 aromatic heterocycles. The van der Waals surface area contributed by atoms with Crippen molar-refractivity contribution in [1.82, 2.24) is 0 Å². The van der Waals surface area contributed by atoms with Gasteiger partial charge in [-0.3, -0.25) is 0 Å². The van der Waals surface area contributed by atoms with Crippen LogP contribution in [0.3, 0.4) is 0 Å². The van der Waals surface area contributed by atoms with Gasteiger partial charge in [0.2, 0.25) is 0 Å². The Kier molecular flexibility index (Phi) is 1.72. The molecular formula is C15H14. The van der Waals surface area contributed by atoms with Gasteiger partial charge in [0.05, 0.1) is 0 Å². The van der Waals surface area contributed by atoms with Crippen LogP contribution >= 0.6 is 0 Å². The fourth-order valence-corrected chi connectivity index (χ4v) is 2.58. The summed E-state index contributed by atoms with van der Waals surface area (Å²) in [6, 6.07) is 8.67. The van der Waals surface area contributed by atoms with E-state index in [1.807, 2.05) is 0 Å². The van der Waals surface area contributed by atoms with Crippen LogP contribution in [0.2, 0.25) is 0 Å². The lowest BCUT2D eigenvalue weighted by atomic mass is 9.76. The molecule has 1 aromatic rings. The smallest absolute Gasteiger partial charge is 0.0151 e. The van der Waals surface area contributed by atoms with Crippen molar-refractivity contribution in [2.24, 2.45) is 5.41 Å². The zero-order valence-electron chi connectivity index (χ0n) is 8.85. The predicted molar refractivity (Wildman–Crippen MR) is 64.6 cm³/mol. The van der Waals surface area contributed by atoms with Crippen LogP contribution < -0.4 is 0 Å². The van der Waals surface area contributed by atoms with Gasteiger partial charge in [-0.2, -0.15) is 0 Å². The third-order valence-corrected chi connectivity index (χ3v) is 3.49. The van der Waals surface area contributed by atoms with E-state index in [1.54, 1.807) is 0 Å². The molecule has 0 radical (unpaired) electrons. The topological polar surface area (TPSA) is 0 Å². The lowest BCUT2D eigenvalue weighted by molar-refractivity contribution is 0.501. The average Bonchev–Trinajstić information content (AvgIpc) is 2.84. The summed E-state index contributed by atoms with van der Waals surface area (Å²) >= 11 is 0. The van der Waals surface area contributed by atoms with Crippen molar-refractivity contribution >= 4 is 6.08 Å². The second-order valence-corrected chi connectivity index (χ2v) is 4.55. The van der Waals surface area contributed by atoms with Crippen LogP contribution in [0.4, 0.5) is 0 Å². The van der Waals surface area contributed by atoms with Gasteiger partial charge in [-0.25, -0.2) is 0 Å². The lowest BCUT2D eigenvalue weighted by Gasteiger charge is -2.27. The molecule has 0 N–H and O–H groups in total. The highest BCUT2D eigenvalue weighted by Gasteiger charge is 2.33. The molecule has 0 saturated carbocycles. The quantitative estimate of drug-likeness (QED) is 0.635. The van der Waals surface area contributed by atoms with Gasteiger partial charge in [-0.15, -0.1) is 0 Å². The summed E-state index contributed by atoms with van der Waals surface area (Å²) in [5.41, 5.74) is 3.00. The number of fused-ring (bicyclic) bond motifs is 1. The Labute approximate surface area is 90.6 Å². The number of rotatable bonds is 1. The first kappa shape index (κ1) is 8.72. The van der Waals surface area contributed by atoms with E-state index < -0.39 is 0 Å². The highest BCUT2D eigenvalue weighted by Crippen LogP contribution is 2.46. The first-order valence-corrected chi connectivity index (χ1v) is 5.44. The summed E-state index contributed by atoms with van der Waals surface area (Å²) in [4.78, 5) is 0. The van der Waals surface area contributed by atoms with E-state index in [-0.39, 0.29) is 5.41 Å². The Morgan fingerprint density at radius 3 is 2.60 bits per heavy atom. The molecule has 0 bridgehead atoms. The fourth-order valence-electron chi connectivity index (χ4n) is 2.58. The summed E-state index contributed by atoms with van der Waals surface area (Å²) in [5, 5.41) is 0. The minimum absolute atomic E-state index is 0.170. The third kappa shape index (κ3) is 1.21. The number of benzene rings is 1. The molecule has 0 saturated heterocycles. The van der Waals surface area contributed by atoms with E-state index in [0.717, 1.165) is 0 Å². The minimum Gasteiger partial charge on any atom is -0.0752 e. The molecule has 0 amide bonds. The van der Waals surface area contributed by atoms with E-state index in [0.29, 0.717) is 5.92 Å². The Morgan fingerprint density at radius 2 is 1.80 bits per heavy atom. The van der Waals surface area contributed by atoms with Gasteiger partial charge < -0.3 is 0 Å². The van der Waals surface area contributed by atoms with Crippen LogP contribution in [-0.2, 0) is 0 Å². The van der Waals surface area contributed by atoms with E-state index >= 15 is 0 Å². The van der Waals surface area contributed by atoms with Crippen molar-refractivity contribution in [1.29, 1.82) is 0 Å². The predicted octanol–water partition coefficient (Wildman–Crippen LogP) is 3.93. The highest BCUT2D eigenvalue weighted by atomic mass is 14.4. The molecule has 1 atom stereocenters. The molecule has 15 heavy (non-hydrogen) atoms. The second kappa shape index (κ2) is 2.96. The van der Waals surface area contributed by atoms with E-state index in [1.165, 1.54) is 11.1 Å². The summed E-state index contributed by atoms with van der Waals surface area (Å²) in [6.45, 7) is 2.30. The van der Waals surface area contributed by atoms with Gasteiger partial charge in [0.15, 0.2) is 0 Å². The van der Waals surface area contributed by atoms with Gasteiger partial charge in [-0.1, -0.05) is 67.6 Å². The number of allylic oxidation sites excluding steroid dienone is 5. The van der Waals surface area contributed by atoms with E-state index in [2.05, 4.69) is 67.6 Å². The molecule has 2 aliphatic carbocycles. The Morgan fingerprint density at radius 1 is 1.07 bits per heavy atom. The second-order valence-electron chi connectivity index (χ2n) is 4.55. The largest absolute Gasteiger partial charge is 0.0752 e. The molecule has 74 valence electrons. The molecule has 1 unspecified atom stereocenters. The van der Waals surface area contributed by atoms with Crippen molar-refractivity contribution in [2.75, 3.05) is 0 Å². The number of hydrogen-bond donors (Lipinski definition) is 0. The van der Waals surface area contributed by atoms with Gasteiger partial charge in [-0.05, 0) is 11.1 Å². The first-order valence-electron chi connectivity index (χ1n) is 5.44. The maximum atomic E-state index is 2.32. The van der Waals surface area contributed by atoms with Crippen molar-refractivity contribution in [3.05, 3.63) is 65.8 Å². The molecule has 0 fully saturated rings. The summed E-state index contributed by atoms with van der Waals surface area (Å²) in [7, 11) is 0. The van der Waals surface area contributed by atoms with Gasteiger partial charge in [0.25, 0.3) is 0 Å². The van der Waals surface area contributed by atoms with Gasteiger partial charge in [0.1, 0.15) is 0 Å². The minimum atomic E-state index is 0.170. The highest BCUT2D eigenvalue weighted by molar-refractivity contribution is 5.64. The Bertz CT molecular complexity index is 463. The zero-order valence-corrected chi connectivity index (χ0v) is 8.85. The van der Waals surface area contributed by atoms with Crippen molar-refractivity contribution < 1.29 is 0 Å². The molecule has 0 aliphatic heterocycles. The molecule has 3 rings (SSSR count). The zero-order chi connectivity index (χ0) is 10.3. The normalized spacial score (nSPS) is 24.7. The van der Waals surface area contributed by atoms with E-state index in [9.17, 15) is 0 Å². The van der Waals surface area contributed by atoms with Crippen LogP contribution in [0, 0.1) is 5.41 Å². The van der Waals surface area contributed by atoms with Crippen molar-refractivity contribution in [3.8, 4) is 0 Å². The maximum Gasteiger partial charge on any atom is 0.0151 e. The number of hydrogen-bond acceptors (Lipinski definition) is 0. The summed E-state index contributed by atoms with van der Waals surface area (Å²) < 4.78 is 0. The molecule has 0 heteroatoms. The van der Waals surface area contributed by atoms with Crippen LogP contribution in [0.5, 0.6) is 0 Å².